The number of rotatable bonds is 4. The third kappa shape index (κ3) is 4.84. The molecule has 1 aromatic heterocycles. The molecule has 0 atom stereocenters. The van der Waals surface area contributed by atoms with E-state index < -0.39 is 23.2 Å². The number of benzene rings is 2. The van der Waals surface area contributed by atoms with Gasteiger partial charge in [0.15, 0.2) is 5.82 Å². The number of halogens is 3. The van der Waals surface area contributed by atoms with Gasteiger partial charge in [0.1, 0.15) is 0 Å². The van der Waals surface area contributed by atoms with Crippen molar-refractivity contribution in [2.75, 3.05) is 23.3 Å². The van der Waals surface area contributed by atoms with E-state index in [1.54, 1.807) is 24.3 Å². The fourth-order valence-electron chi connectivity index (χ4n) is 3.62. The lowest BCUT2D eigenvalue weighted by Gasteiger charge is -2.27. The van der Waals surface area contributed by atoms with Gasteiger partial charge >= 0.3 is 6.18 Å². The molecular formula is C23H21F3N4O. The second-order valence-electron chi connectivity index (χ2n) is 7.40. The van der Waals surface area contributed by atoms with Crippen LogP contribution in [0.4, 0.5) is 24.7 Å². The standard InChI is InChI=1S/C23H21F3N4O/c24-23(25,26)19-7-3-2-6-18(19)22(31)27-17-10-8-16(9-11-17)20-12-13-21(29-28-20)30-14-4-1-5-15-30/h2-3,6-13H,1,4-5,14-15H2,(H,27,31). The van der Waals surface area contributed by atoms with Crippen LogP contribution in [0.3, 0.4) is 0 Å². The van der Waals surface area contributed by atoms with Gasteiger partial charge in [-0.25, -0.2) is 0 Å². The Morgan fingerprint density at radius 1 is 0.871 bits per heavy atom. The molecule has 8 heteroatoms. The zero-order valence-electron chi connectivity index (χ0n) is 16.7. The first-order valence-corrected chi connectivity index (χ1v) is 10.1. The van der Waals surface area contributed by atoms with Gasteiger partial charge in [-0.05, 0) is 55.7 Å². The fraction of sp³-hybridized carbons (Fsp3) is 0.261. The zero-order valence-corrected chi connectivity index (χ0v) is 16.7. The van der Waals surface area contributed by atoms with Crippen LogP contribution in [0.5, 0.6) is 0 Å². The van der Waals surface area contributed by atoms with E-state index >= 15 is 0 Å². The first-order chi connectivity index (χ1) is 14.9. The average molecular weight is 426 g/mol. The predicted octanol–water partition coefficient (Wildman–Crippen LogP) is 5.41. The number of carbonyl (C=O) groups is 1. The number of nitrogens with one attached hydrogen (secondary N) is 1. The third-order valence-corrected chi connectivity index (χ3v) is 5.25. The number of piperidine rings is 1. The number of carbonyl (C=O) groups excluding carboxylic acids is 1. The molecule has 0 bridgehead atoms. The zero-order chi connectivity index (χ0) is 21.8. The molecule has 0 spiro atoms. The molecular weight excluding hydrogens is 405 g/mol. The molecule has 1 saturated heterocycles. The van der Waals surface area contributed by atoms with E-state index in [-0.39, 0.29) is 0 Å². The van der Waals surface area contributed by atoms with Gasteiger partial charge in [-0.15, -0.1) is 10.2 Å². The molecule has 5 nitrogen and oxygen atoms in total. The molecule has 0 aliphatic carbocycles. The summed E-state index contributed by atoms with van der Waals surface area (Å²) < 4.78 is 39.4. The monoisotopic (exact) mass is 426 g/mol. The maximum atomic E-state index is 13.1. The predicted molar refractivity (Wildman–Crippen MR) is 113 cm³/mol. The van der Waals surface area contributed by atoms with Gasteiger partial charge in [0.2, 0.25) is 0 Å². The summed E-state index contributed by atoms with van der Waals surface area (Å²) in [5.41, 5.74) is 0.488. The van der Waals surface area contributed by atoms with Gasteiger partial charge in [0.25, 0.3) is 5.91 Å². The molecule has 2 heterocycles. The average Bonchev–Trinajstić information content (AvgIpc) is 2.80. The Kier molecular flexibility index (Phi) is 5.88. The lowest BCUT2D eigenvalue weighted by atomic mass is 10.1. The maximum absolute atomic E-state index is 13.1. The van der Waals surface area contributed by atoms with Gasteiger partial charge in [-0.2, -0.15) is 13.2 Å². The van der Waals surface area contributed by atoms with E-state index in [2.05, 4.69) is 20.4 Å². The number of alkyl halides is 3. The fourth-order valence-corrected chi connectivity index (χ4v) is 3.62. The lowest BCUT2D eigenvalue weighted by Crippen LogP contribution is -2.30. The van der Waals surface area contributed by atoms with E-state index in [4.69, 9.17) is 0 Å². The van der Waals surface area contributed by atoms with Crippen LogP contribution in [0.1, 0.15) is 35.2 Å². The van der Waals surface area contributed by atoms with Crippen LogP contribution in [-0.2, 0) is 6.18 Å². The summed E-state index contributed by atoms with van der Waals surface area (Å²) in [5, 5.41) is 11.1. The largest absolute Gasteiger partial charge is 0.417 e. The maximum Gasteiger partial charge on any atom is 0.417 e. The van der Waals surface area contributed by atoms with Crippen molar-refractivity contribution in [3.8, 4) is 11.3 Å². The Balaban J connectivity index is 1.46. The molecule has 1 aliphatic rings. The number of aromatic nitrogens is 2. The Bertz CT molecular complexity index is 1040. The molecule has 2 aromatic carbocycles. The number of hydrogen-bond donors (Lipinski definition) is 1. The van der Waals surface area contributed by atoms with E-state index in [0.29, 0.717) is 11.4 Å². The molecule has 0 radical (unpaired) electrons. The van der Waals surface area contributed by atoms with Gasteiger partial charge in [-0.1, -0.05) is 24.3 Å². The Hall–Kier alpha value is -3.42. The van der Waals surface area contributed by atoms with Crippen molar-refractivity contribution in [1.29, 1.82) is 0 Å². The molecule has 1 aliphatic heterocycles. The SMILES string of the molecule is O=C(Nc1ccc(-c2ccc(N3CCCCC3)nn2)cc1)c1ccccc1C(F)(F)F. The normalized spacial score (nSPS) is 14.4. The Labute approximate surface area is 177 Å². The van der Waals surface area contributed by atoms with Crippen molar-refractivity contribution < 1.29 is 18.0 Å². The quantitative estimate of drug-likeness (QED) is 0.607. The van der Waals surface area contributed by atoms with Crippen LogP contribution >= 0.6 is 0 Å². The van der Waals surface area contributed by atoms with Gasteiger partial charge in [0, 0.05) is 24.3 Å². The second-order valence-corrected chi connectivity index (χ2v) is 7.40. The topological polar surface area (TPSA) is 58.1 Å². The molecule has 0 unspecified atom stereocenters. The number of nitrogens with zero attached hydrogens (tertiary/aromatic N) is 3. The number of amides is 1. The molecule has 160 valence electrons. The molecule has 31 heavy (non-hydrogen) atoms. The highest BCUT2D eigenvalue weighted by Crippen LogP contribution is 2.32. The summed E-state index contributed by atoms with van der Waals surface area (Å²) >= 11 is 0. The van der Waals surface area contributed by atoms with Crippen LogP contribution in [0, 0.1) is 0 Å². The summed E-state index contributed by atoms with van der Waals surface area (Å²) in [6.07, 6.45) is -1.04. The minimum atomic E-state index is -4.60. The molecule has 4 rings (SSSR count). The summed E-state index contributed by atoms with van der Waals surface area (Å²) in [5.74, 6) is 0.0435. The van der Waals surface area contributed by atoms with Gasteiger partial charge in [-0.3, -0.25) is 4.79 Å². The van der Waals surface area contributed by atoms with Gasteiger partial charge < -0.3 is 10.2 Å². The third-order valence-electron chi connectivity index (χ3n) is 5.25. The lowest BCUT2D eigenvalue weighted by molar-refractivity contribution is -0.137. The second kappa shape index (κ2) is 8.75. The van der Waals surface area contributed by atoms with E-state index in [1.165, 1.54) is 18.6 Å². The summed E-state index contributed by atoms with van der Waals surface area (Å²) in [4.78, 5) is 14.6. The highest BCUT2D eigenvalue weighted by Gasteiger charge is 2.34. The first kappa shape index (κ1) is 20.8. The van der Waals surface area contributed by atoms with Crippen molar-refractivity contribution in [2.45, 2.75) is 25.4 Å². The van der Waals surface area contributed by atoms with E-state index in [1.807, 2.05) is 12.1 Å². The molecule has 1 N–H and O–H groups in total. The summed E-state index contributed by atoms with van der Waals surface area (Å²) in [6, 6.07) is 15.3. The number of anilines is 2. The van der Waals surface area contributed by atoms with Crippen LogP contribution in [-0.4, -0.2) is 29.2 Å². The summed E-state index contributed by atoms with van der Waals surface area (Å²) in [6.45, 7) is 1.97. The Morgan fingerprint density at radius 2 is 1.58 bits per heavy atom. The van der Waals surface area contributed by atoms with E-state index in [0.717, 1.165) is 49.4 Å². The summed E-state index contributed by atoms with van der Waals surface area (Å²) in [7, 11) is 0. The van der Waals surface area contributed by atoms with Crippen molar-refractivity contribution in [3.63, 3.8) is 0 Å². The molecule has 1 fully saturated rings. The van der Waals surface area contributed by atoms with Crippen LogP contribution in [0.25, 0.3) is 11.3 Å². The van der Waals surface area contributed by atoms with Crippen molar-refractivity contribution in [3.05, 3.63) is 71.8 Å². The van der Waals surface area contributed by atoms with Crippen molar-refractivity contribution in [1.82, 2.24) is 10.2 Å². The van der Waals surface area contributed by atoms with Crippen molar-refractivity contribution in [2.24, 2.45) is 0 Å². The highest BCUT2D eigenvalue weighted by atomic mass is 19.4. The highest BCUT2D eigenvalue weighted by molar-refractivity contribution is 6.05. The minimum Gasteiger partial charge on any atom is -0.355 e. The van der Waals surface area contributed by atoms with Crippen LogP contribution in [0.2, 0.25) is 0 Å². The van der Waals surface area contributed by atoms with Crippen molar-refractivity contribution >= 4 is 17.4 Å². The van der Waals surface area contributed by atoms with E-state index in [9.17, 15) is 18.0 Å². The van der Waals surface area contributed by atoms with Crippen LogP contribution < -0.4 is 10.2 Å². The molecule has 0 saturated carbocycles. The molecule has 3 aromatic rings. The number of hydrogen-bond acceptors (Lipinski definition) is 4. The Morgan fingerprint density at radius 3 is 2.23 bits per heavy atom. The minimum absolute atomic E-state index is 0.392. The first-order valence-electron chi connectivity index (χ1n) is 10.1. The van der Waals surface area contributed by atoms with Crippen LogP contribution in [0.15, 0.2) is 60.7 Å². The smallest absolute Gasteiger partial charge is 0.355 e. The molecule has 1 amide bonds. The van der Waals surface area contributed by atoms with Gasteiger partial charge in [0.05, 0.1) is 16.8 Å².